The van der Waals surface area contributed by atoms with Gasteiger partial charge in [-0.15, -0.1) is 0 Å². The lowest BCUT2D eigenvalue weighted by Crippen LogP contribution is -2.15. The number of nitrogens with zero attached hydrogens (tertiary/aromatic N) is 2. The number of nitrogens with one attached hydrogen (secondary N) is 2. The van der Waals surface area contributed by atoms with Crippen molar-refractivity contribution in [1.29, 1.82) is 0 Å². The minimum atomic E-state index is -0.0728. The summed E-state index contributed by atoms with van der Waals surface area (Å²) in [7, 11) is 0. The Hall–Kier alpha value is -2.25. The van der Waals surface area contributed by atoms with E-state index < -0.39 is 0 Å². The number of carbonyl (C=O) groups excluding carboxylic acids is 1. The highest BCUT2D eigenvalue weighted by atomic mass is 79.9. The number of benzene rings is 2. The van der Waals surface area contributed by atoms with Gasteiger partial charge < -0.3 is 5.32 Å². The van der Waals surface area contributed by atoms with Crippen LogP contribution >= 0.6 is 28.1 Å². The Morgan fingerprint density at radius 1 is 1.28 bits per heavy atom. The van der Waals surface area contributed by atoms with Crippen molar-refractivity contribution in [1.82, 2.24) is 14.8 Å². The smallest absolute Gasteiger partial charge is 0.226 e. The molecule has 0 saturated carbocycles. The van der Waals surface area contributed by atoms with E-state index in [1.807, 2.05) is 60.0 Å². The average molecular weight is 417 g/mol. The van der Waals surface area contributed by atoms with E-state index in [0.717, 1.165) is 27.1 Å². The van der Waals surface area contributed by atoms with Gasteiger partial charge in [0.25, 0.3) is 0 Å². The Morgan fingerprint density at radius 2 is 2.08 bits per heavy atom. The summed E-state index contributed by atoms with van der Waals surface area (Å²) in [5.74, 6) is 0.667. The topological polar surface area (TPSA) is 62.7 Å². The molecule has 2 N–H and O–H groups in total. The molecule has 0 fully saturated rings. The van der Waals surface area contributed by atoms with Gasteiger partial charge in [-0.2, -0.15) is 5.10 Å². The van der Waals surface area contributed by atoms with Gasteiger partial charge in [0, 0.05) is 28.7 Å². The van der Waals surface area contributed by atoms with Crippen LogP contribution in [0.2, 0.25) is 0 Å². The second-order valence-corrected chi connectivity index (χ2v) is 6.98. The highest BCUT2D eigenvalue weighted by Crippen LogP contribution is 2.19. The van der Waals surface area contributed by atoms with Gasteiger partial charge >= 0.3 is 0 Å². The monoisotopic (exact) mass is 416 g/mol. The molecule has 7 heteroatoms. The van der Waals surface area contributed by atoms with E-state index in [-0.39, 0.29) is 5.91 Å². The summed E-state index contributed by atoms with van der Waals surface area (Å²) in [6.07, 6.45) is 0.305. The molecule has 5 nitrogen and oxygen atoms in total. The summed E-state index contributed by atoms with van der Waals surface area (Å²) in [4.78, 5) is 12.2. The van der Waals surface area contributed by atoms with Gasteiger partial charge in [0.05, 0.1) is 0 Å². The van der Waals surface area contributed by atoms with Gasteiger partial charge in [0.2, 0.25) is 5.91 Å². The van der Waals surface area contributed by atoms with Gasteiger partial charge in [0.15, 0.2) is 10.6 Å². The molecule has 128 valence electrons. The molecular formula is C18H17BrN4OS. The molecule has 0 saturated heterocycles. The fraction of sp³-hybridized carbons (Fsp3) is 0.167. The van der Waals surface area contributed by atoms with Crippen LogP contribution < -0.4 is 5.32 Å². The molecule has 0 aliphatic rings. The first-order valence-corrected chi connectivity index (χ1v) is 9.01. The maximum Gasteiger partial charge on any atom is 0.226 e. The van der Waals surface area contributed by atoms with Crippen molar-refractivity contribution in [2.75, 3.05) is 5.32 Å². The Morgan fingerprint density at radius 3 is 2.84 bits per heavy atom. The third kappa shape index (κ3) is 4.43. The molecule has 1 amide bonds. The lowest BCUT2D eigenvalue weighted by Gasteiger charge is -2.09. The number of aryl methyl sites for hydroxylation is 1. The molecule has 0 spiro atoms. The molecule has 0 radical (unpaired) electrons. The minimum Gasteiger partial charge on any atom is -0.326 e. The van der Waals surface area contributed by atoms with Crippen LogP contribution in [0.15, 0.2) is 53.0 Å². The summed E-state index contributed by atoms with van der Waals surface area (Å²) in [5, 5.41) is 10.0. The molecule has 0 aliphatic carbocycles. The number of carbonyl (C=O) groups is 1. The summed E-state index contributed by atoms with van der Waals surface area (Å²) < 4.78 is 3.28. The summed E-state index contributed by atoms with van der Waals surface area (Å²) >= 11 is 8.70. The zero-order chi connectivity index (χ0) is 17.8. The largest absolute Gasteiger partial charge is 0.326 e. The van der Waals surface area contributed by atoms with Crippen molar-refractivity contribution < 1.29 is 4.79 Å². The van der Waals surface area contributed by atoms with Crippen molar-refractivity contribution in [2.24, 2.45) is 0 Å². The molecule has 0 aliphatic heterocycles. The van der Waals surface area contributed by atoms with Crippen molar-refractivity contribution in [3.05, 3.63) is 63.3 Å². The van der Waals surface area contributed by atoms with Crippen LogP contribution in [0, 0.1) is 11.7 Å². The van der Waals surface area contributed by atoms with Gasteiger partial charge in [-0.3, -0.25) is 14.5 Å². The fourth-order valence-electron chi connectivity index (χ4n) is 2.53. The van der Waals surface area contributed by atoms with Crippen LogP contribution in [0.3, 0.4) is 0 Å². The maximum absolute atomic E-state index is 12.2. The van der Waals surface area contributed by atoms with Crippen LogP contribution in [-0.2, 0) is 11.3 Å². The summed E-state index contributed by atoms with van der Waals surface area (Å²) in [6, 6.07) is 15.5. The van der Waals surface area contributed by atoms with E-state index >= 15 is 0 Å². The molecule has 0 bridgehead atoms. The van der Waals surface area contributed by atoms with Crippen LogP contribution in [0.25, 0.3) is 11.4 Å². The molecule has 0 atom stereocenters. The molecule has 1 aromatic heterocycles. The number of hydrogen-bond donors (Lipinski definition) is 2. The van der Waals surface area contributed by atoms with E-state index in [0.29, 0.717) is 17.7 Å². The third-order valence-corrected chi connectivity index (χ3v) is 4.51. The van der Waals surface area contributed by atoms with Gasteiger partial charge in [0.1, 0.15) is 0 Å². The average Bonchev–Trinajstić information content (AvgIpc) is 2.94. The van der Waals surface area contributed by atoms with Gasteiger partial charge in [-0.05, 0) is 43.4 Å². The molecule has 3 rings (SSSR count). The van der Waals surface area contributed by atoms with Gasteiger partial charge in [-0.25, -0.2) is 0 Å². The quantitative estimate of drug-likeness (QED) is 0.592. The number of H-pyrrole nitrogens is 1. The number of aromatic amines is 1. The number of anilines is 1. The lowest BCUT2D eigenvalue weighted by atomic mass is 10.1. The Bertz CT molecular complexity index is 963. The zero-order valence-electron chi connectivity index (χ0n) is 13.6. The second kappa shape index (κ2) is 7.76. The molecule has 1 heterocycles. The molecular weight excluding hydrogens is 400 g/mol. The number of hydrogen-bond acceptors (Lipinski definition) is 3. The van der Waals surface area contributed by atoms with E-state index in [9.17, 15) is 4.79 Å². The first-order chi connectivity index (χ1) is 12.0. The van der Waals surface area contributed by atoms with Crippen molar-refractivity contribution in [2.45, 2.75) is 19.9 Å². The SMILES string of the molecule is Cc1cccc(-c2n[nH]c(=S)n2CCC(=O)Nc2cccc(Br)c2)c1. The zero-order valence-corrected chi connectivity index (χ0v) is 16.0. The fourth-order valence-corrected chi connectivity index (χ4v) is 3.16. The molecule has 0 unspecified atom stereocenters. The molecule has 25 heavy (non-hydrogen) atoms. The van der Waals surface area contributed by atoms with E-state index in [4.69, 9.17) is 12.2 Å². The van der Waals surface area contributed by atoms with E-state index in [1.54, 1.807) is 0 Å². The second-order valence-electron chi connectivity index (χ2n) is 5.68. The number of halogens is 1. The van der Waals surface area contributed by atoms with E-state index in [2.05, 4.69) is 31.4 Å². The Kier molecular flexibility index (Phi) is 5.45. The Labute approximate surface area is 159 Å². The predicted octanol–water partition coefficient (Wildman–Crippen LogP) is 4.71. The van der Waals surface area contributed by atoms with Crippen molar-refractivity contribution >= 4 is 39.7 Å². The van der Waals surface area contributed by atoms with Crippen molar-refractivity contribution in [3.8, 4) is 11.4 Å². The number of aromatic nitrogens is 3. The maximum atomic E-state index is 12.2. The first kappa shape index (κ1) is 17.6. The minimum absolute atomic E-state index is 0.0728. The van der Waals surface area contributed by atoms with Crippen molar-refractivity contribution in [3.63, 3.8) is 0 Å². The highest BCUT2D eigenvalue weighted by Gasteiger charge is 2.11. The predicted molar refractivity (Wildman–Crippen MR) is 105 cm³/mol. The standard InChI is InChI=1S/C18H17BrN4OS/c1-12-4-2-5-13(10-12)17-21-22-18(25)23(17)9-8-16(24)20-15-7-3-6-14(19)11-15/h2-7,10-11H,8-9H2,1H3,(H,20,24)(H,22,25). The normalized spacial score (nSPS) is 10.6. The number of rotatable bonds is 5. The summed E-state index contributed by atoms with van der Waals surface area (Å²) in [6.45, 7) is 2.49. The molecule has 3 aromatic rings. The first-order valence-electron chi connectivity index (χ1n) is 7.80. The van der Waals surface area contributed by atoms with Crippen LogP contribution in [0.4, 0.5) is 5.69 Å². The highest BCUT2D eigenvalue weighted by molar-refractivity contribution is 9.10. The Balaban J connectivity index is 1.72. The number of amides is 1. The molecule has 2 aromatic carbocycles. The van der Waals surface area contributed by atoms with Crippen LogP contribution in [-0.4, -0.2) is 20.7 Å². The summed E-state index contributed by atoms with van der Waals surface area (Å²) in [5.41, 5.74) is 2.87. The van der Waals surface area contributed by atoms with E-state index in [1.165, 1.54) is 0 Å². The van der Waals surface area contributed by atoms with Gasteiger partial charge in [-0.1, -0.05) is 45.8 Å². The lowest BCUT2D eigenvalue weighted by molar-refractivity contribution is -0.116. The van der Waals surface area contributed by atoms with Crippen LogP contribution in [0.5, 0.6) is 0 Å². The third-order valence-electron chi connectivity index (χ3n) is 3.71. The van der Waals surface area contributed by atoms with Crippen LogP contribution in [0.1, 0.15) is 12.0 Å².